The van der Waals surface area contributed by atoms with E-state index in [9.17, 15) is 22.8 Å². The molecular formula is C25H30F3N5O3. The number of hydrogen-bond donors (Lipinski definition) is 0. The van der Waals surface area contributed by atoms with Crippen molar-refractivity contribution in [3.63, 3.8) is 0 Å². The average Bonchev–Trinajstić information content (AvgIpc) is 3.15. The Morgan fingerprint density at radius 2 is 1.67 bits per heavy atom. The van der Waals surface area contributed by atoms with Crippen LogP contribution in [0.25, 0.3) is 23.3 Å². The van der Waals surface area contributed by atoms with Gasteiger partial charge in [0.25, 0.3) is 5.56 Å². The molecule has 36 heavy (non-hydrogen) atoms. The Morgan fingerprint density at radius 1 is 1.03 bits per heavy atom. The molecule has 1 aliphatic rings. The Balaban J connectivity index is 1.46. The third-order valence-electron chi connectivity index (χ3n) is 6.45. The lowest BCUT2D eigenvalue weighted by atomic mass is 10.1. The zero-order valence-electron chi connectivity index (χ0n) is 20.6. The molecule has 11 heteroatoms. The van der Waals surface area contributed by atoms with E-state index < -0.39 is 12.7 Å². The predicted molar refractivity (Wildman–Crippen MR) is 132 cm³/mol. The van der Waals surface area contributed by atoms with Gasteiger partial charge in [-0.25, -0.2) is 9.78 Å². The highest BCUT2D eigenvalue weighted by Crippen LogP contribution is 2.23. The highest BCUT2D eigenvalue weighted by molar-refractivity contribution is 5.76. The number of likely N-dealkylation sites (tertiary alicyclic amines) is 1. The average molecular weight is 506 g/mol. The molecule has 4 rings (SSSR count). The Hall–Kier alpha value is -3.34. The Labute approximate surface area is 206 Å². The SMILES string of the molecule is CCn1c(=O)c2c(nc(/C=C/c3ccc(OC4CCN(CC(F)(F)F)CC4)cc3)n2C)n(CC)c1=O. The second-order valence-corrected chi connectivity index (χ2v) is 8.89. The van der Waals surface area contributed by atoms with Gasteiger partial charge in [-0.15, -0.1) is 0 Å². The molecule has 3 aromatic rings. The van der Waals surface area contributed by atoms with Crippen molar-refractivity contribution in [3.8, 4) is 5.75 Å². The van der Waals surface area contributed by atoms with Crippen molar-refractivity contribution in [2.75, 3.05) is 19.6 Å². The van der Waals surface area contributed by atoms with Crippen LogP contribution in [-0.4, -0.2) is 55.5 Å². The molecule has 0 unspecified atom stereocenters. The number of imidazole rings is 1. The molecule has 1 aliphatic heterocycles. The van der Waals surface area contributed by atoms with Gasteiger partial charge in [-0.05, 0) is 50.5 Å². The van der Waals surface area contributed by atoms with Gasteiger partial charge >= 0.3 is 11.9 Å². The third-order valence-corrected chi connectivity index (χ3v) is 6.45. The maximum Gasteiger partial charge on any atom is 0.401 e. The number of rotatable bonds is 7. The van der Waals surface area contributed by atoms with Gasteiger partial charge in [0.2, 0.25) is 0 Å². The fourth-order valence-electron chi connectivity index (χ4n) is 4.55. The minimum atomic E-state index is -4.18. The van der Waals surface area contributed by atoms with Crippen LogP contribution in [0.5, 0.6) is 5.75 Å². The van der Waals surface area contributed by atoms with Crippen LogP contribution in [0.4, 0.5) is 13.2 Å². The van der Waals surface area contributed by atoms with Gasteiger partial charge in [0.15, 0.2) is 11.2 Å². The van der Waals surface area contributed by atoms with Gasteiger partial charge in [-0.1, -0.05) is 18.2 Å². The number of fused-ring (bicyclic) bond motifs is 1. The summed E-state index contributed by atoms with van der Waals surface area (Å²) in [6.07, 6.45) is 0.447. The summed E-state index contributed by atoms with van der Waals surface area (Å²) >= 11 is 0. The van der Waals surface area contributed by atoms with Crippen molar-refractivity contribution in [1.82, 2.24) is 23.6 Å². The third kappa shape index (κ3) is 5.40. The molecule has 0 radical (unpaired) electrons. The maximum absolute atomic E-state index is 12.8. The Bertz CT molecular complexity index is 1360. The summed E-state index contributed by atoms with van der Waals surface area (Å²) in [4.78, 5) is 31.4. The monoisotopic (exact) mass is 505 g/mol. The second kappa shape index (κ2) is 10.3. The second-order valence-electron chi connectivity index (χ2n) is 8.89. The van der Waals surface area contributed by atoms with Crippen molar-refractivity contribution in [1.29, 1.82) is 0 Å². The van der Waals surface area contributed by atoms with Gasteiger partial charge < -0.3 is 9.30 Å². The summed E-state index contributed by atoms with van der Waals surface area (Å²) in [5, 5.41) is 0. The number of aryl methyl sites for hydroxylation is 2. The number of piperidine rings is 1. The summed E-state index contributed by atoms with van der Waals surface area (Å²) in [5.41, 5.74) is 0.899. The van der Waals surface area contributed by atoms with Crippen LogP contribution < -0.4 is 16.0 Å². The number of aromatic nitrogens is 4. The normalized spacial score (nSPS) is 15.8. The van der Waals surface area contributed by atoms with E-state index in [1.807, 2.05) is 37.3 Å². The summed E-state index contributed by atoms with van der Waals surface area (Å²) < 4.78 is 48.0. The van der Waals surface area contributed by atoms with Gasteiger partial charge in [0, 0.05) is 33.2 Å². The molecule has 0 amide bonds. The van der Waals surface area contributed by atoms with Crippen molar-refractivity contribution in [2.45, 2.75) is 52.1 Å². The van der Waals surface area contributed by atoms with Crippen LogP contribution in [0.1, 0.15) is 38.1 Å². The van der Waals surface area contributed by atoms with Crippen LogP contribution in [0, 0.1) is 0 Å². The summed E-state index contributed by atoms with van der Waals surface area (Å²) in [7, 11) is 1.75. The molecule has 0 atom stereocenters. The first kappa shape index (κ1) is 25.7. The van der Waals surface area contributed by atoms with Crippen molar-refractivity contribution in [2.24, 2.45) is 7.05 Å². The molecule has 8 nitrogen and oxygen atoms in total. The minimum Gasteiger partial charge on any atom is -0.490 e. The van der Waals surface area contributed by atoms with Gasteiger partial charge in [-0.2, -0.15) is 13.2 Å². The Morgan fingerprint density at radius 3 is 2.25 bits per heavy atom. The molecule has 0 saturated carbocycles. The number of benzene rings is 1. The van der Waals surface area contributed by atoms with Gasteiger partial charge in [0.05, 0.1) is 6.54 Å². The lowest BCUT2D eigenvalue weighted by Crippen LogP contribution is -2.42. The van der Waals surface area contributed by atoms with E-state index in [2.05, 4.69) is 4.98 Å². The molecule has 3 heterocycles. The quantitative estimate of drug-likeness (QED) is 0.491. The van der Waals surface area contributed by atoms with Crippen LogP contribution >= 0.6 is 0 Å². The molecular weight excluding hydrogens is 475 g/mol. The smallest absolute Gasteiger partial charge is 0.401 e. The van der Waals surface area contributed by atoms with E-state index in [0.29, 0.717) is 55.2 Å². The van der Waals surface area contributed by atoms with Crippen LogP contribution in [0.3, 0.4) is 0 Å². The molecule has 0 spiro atoms. The van der Waals surface area contributed by atoms with E-state index in [1.165, 1.54) is 14.0 Å². The number of alkyl halides is 3. The number of nitrogens with zero attached hydrogens (tertiary/aromatic N) is 5. The molecule has 1 fully saturated rings. The van der Waals surface area contributed by atoms with Crippen molar-refractivity contribution in [3.05, 3.63) is 56.5 Å². The predicted octanol–water partition coefficient (Wildman–Crippen LogP) is 3.51. The summed E-state index contributed by atoms with van der Waals surface area (Å²) in [6, 6.07) is 7.40. The first-order chi connectivity index (χ1) is 17.1. The first-order valence-corrected chi connectivity index (χ1v) is 12.0. The minimum absolute atomic E-state index is 0.112. The molecule has 0 N–H and O–H groups in total. The molecule has 0 aliphatic carbocycles. The highest BCUT2D eigenvalue weighted by Gasteiger charge is 2.32. The van der Waals surface area contributed by atoms with Crippen LogP contribution in [0.15, 0.2) is 33.9 Å². The number of ether oxygens (including phenoxy) is 1. The van der Waals surface area contributed by atoms with Gasteiger partial charge in [0.1, 0.15) is 17.7 Å². The van der Waals surface area contributed by atoms with E-state index >= 15 is 0 Å². The molecule has 0 bridgehead atoms. The number of halogens is 3. The fourth-order valence-corrected chi connectivity index (χ4v) is 4.55. The highest BCUT2D eigenvalue weighted by atomic mass is 19.4. The topological polar surface area (TPSA) is 74.3 Å². The number of hydrogen-bond acceptors (Lipinski definition) is 5. The van der Waals surface area contributed by atoms with E-state index in [0.717, 1.165) is 5.56 Å². The first-order valence-electron chi connectivity index (χ1n) is 12.0. The largest absolute Gasteiger partial charge is 0.490 e. The van der Waals surface area contributed by atoms with E-state index in [-0.39, 0.29) is 23.9 Å². The molecule has 1 saturated heterocycles. The Kier molecular flexibility index (Phi) is 7.39. The van der Waals surface area contributed by atoms with Gasteiger partial charge in [-0.3, -0.25) is 18.8 Å². The zero-order chi connectivity index (χ0) is 26.0. The van der Waals surface area contributed by atoms with E-state index in [1.54, 1.807) is 24.6 Å². The standard InChI is InChI=1S/C25H30F3N5O3/c1-4-32-22-21(23(34)33(5-2)24(32)35)30(3)20(29-22)11-8-17-6-9-18(10-7-17)36-19-12-14-31(15-13-19)16-25(26,27)28/h6-11,19H,4-5,12-16H2,1-3H3/b11-8+. The summed E-state index contributed by atoms with van der Waals surface area (Å²) in [5.74, 6) is 1.21. The molecule has 2 aromatic heterocycles. The lowest BCUT2D eigenvalue weighted by Gasteiger charge is -2.32. The lowest BCUT2D eigenvalue weighted by molar-refractivity contribution is -0.149. The maximum atomic E-state index is 12.8. The molecule has 1 aromatic carbocycles. The van der Waals surface area contributed by atoms with Crippen LogP contribution in [-0.2, 0) is 20.1 Å². The molecule has 194 valence electrons. The van der Waals surface area contributed by atoms with E-state index in [4.69, 9.17) is 4.74 Å². The fraction of sp³-hybridized carbons (Fsp3) is 0.480. The van der Waals surface area contributed by atoms with Crippen molar-refractivity contribution >= 4 is 23.3 Å². The van der Waals surface area contributed by atoms with Crippen LogP contribution in [0.2, 0.25) is 0 Å². The summed E-state index contributed by atoms with van der Waals surface area (Å²) in [6.45, 7) is 4.12. The zero-order valence-corrected chi connectivity index (χ0v) is 20.6. The van der Waals surface area contributed by atoms with Crippen molar-refractivity contribution < 1.29 is 17.9 Å².